The lowest BCUT2D eigenvalue weighted by molar-refractivity contribution is -0.145. The Morgan fingerprint density at radius 1 is 0.973 bits per heavy atom. The summed E-state index contributed by atoms with van der Waals surface area (Å²) in [6.45, 7) is 17.0. The predicted octanol–water partition coefficient (Wildman–Crippen LogP) is 2.81. The maximum absolute atomic E-state index is 13.9. The number of hydrogen-bond acceptors (Lipinski definition) is 5. The summed E-state index contributed by atoms with van der Waals surface area (Å²) in [7, 11) is 0. The third-order valence-corrected chi connectivity index (χ3v) is 8.41. The number of carbonyl (C=O) groups is 5. The van der Waals surface area contributed by atoms with Crippen LogP contribution in [0.5, 0.6) is 0 Å². The third kappa shape index (κ3) is 6.34. The minimum atomic E-state index is -0.873. The van der Waals surface area contributed by atoms with E-state index in [9.17, 15) is 24.0 Å². The van der Waals surface area contributed by atoms with Crippen LogP contribution in [0, 0.1) is 28.6 Å². The van der Waals surface area contributed by atoms with Gasteiger partial charge in [-0.1, -0.05) is 53.9 Å². The number of ketones is 2. The highest BCUT2D eigenvalue weighted by atomic mass is 16.2. The van der Waals surface area contributed by atoms with Crippen molar-refractivity contribution in [1.82, 2.24) is 20.9 Å². The molecule has 0 spiro atoms. The van der Waals surface area contributed by atoms with Gasteiger partial charge in [0.2, 0.25) is 17.6 Å². The van der Waals surface area contributed by atoms with Crippen LogP contribution in [0.15, 0.2) is 0 Å². The Hall–Kier alpha value is -2.45. The molecule has 5 atom stereocenters. The molecule has 2 aliphatic carbocycles. The van der Waals surface area contributed by atoms with Gasteiger partial charge in [-0.2, -0.15) is 0 Å². The number of Topliss-reactive ketones (excluding diaryl/α,β-unsaturated/α-hetero) is 2. The molecule has 0 aromatic carbocycles. The summed E-state index contributed by atoms with van der Waals surface area (Å²) in [5.41, 5.74) is -1.19. The van der Waals surface area contributed by atoms with E-state index in [1.807, 2.05) is 41.5 Å². The summed E-state index contributed by atoms with van der Waals surface area (Å²) in [5.74, 6) is -1.44. The molecule has 3 aliphatic rings. The number of piperidine rings is 1. The van der Waals surface area contributed by atoms with Gasteiger partial charge in [-0.05, 0) is 55.8 Å². The molecule has 0 radical (unpaired) electrons. The van der Waals surface area contributed by atoms with Crippen molar-refractivity contribution < 1.29 is 24.0 Å². The molecular formula is C28H46N4O5. The summed E-state index contributed by atoms with van der Waals surface area (Å²) in [6, 6.07) is -2.93. The van der Waals surface area contributed by atoms with E-state index in [0.29, 0.717) is 18.9 Å². The van der Waals surface area contributed by atoms with Crippen LogP contribution in [-0.4, -0.2) is 64.5 Å². The highest BCUT2D eigenvalue weighted by Gasteiger charge is 2.70. The van der Waals surface area contributed by atoms with Crippen LogP contribution in [0.3, 0.4) is 0 Å². The van der Waals surface area contributed by atoms with Crippen molar-refractivity contribution in [2.45, 2.75) is 112 Å². The molecule has 0 aromatic rings. The highest BCUT2D eigenvalue weighted by Crippen LogP contribution is 2.65. The van der Waals surface area contributed by atoms with Gasteiger partial charge in [0.15, 0.2) is 5.78 Å². The highest BCUT2D eigenvalue weighted by molar-refractivity contribution is 6.38. The summed E-state index contributed by atoms with van der Waals surface area (Å²) >= 11 is 0. The smallest absolute Gasteiger partial charge is 0.315 e. The van der Waals surface area contributed by atoms with Crippen molar-refractivity contribution in [2.24, 2.45) is 28.6 Å². The number of fused-ring (bicyclic) bond motifs is 1. The van der Waals surface area contributed by atoms with Crippen LogP contribution >= 0.6 is 0 Å². The number of amides is 4. The van der Waals surface area contributed by atoms with Gasteiger partial charge in [0.1, 0.15) is 12.1 Å². The van der Waals surface area contributed by atoms with Crippen LogP contribution in [0.25, 0.3) is 0 Å². The van der Waals surface area contributed by atoms with Gasteiger partial charge in [0, 0.05) is 19.0 Å². The Kier molecular flexibility index (Phi) is 7.89. The van der Waals surface area contributed by atoms with Gasteiger partial charge in [-0.25, -0.2) is 4.79 Å². The Balaban J connectivity index is 1.83. The average Bonchev–Trinajstić information content (AvgIpc) is 3.06. The van der Waals surface area contributed by atoms with Crippen molar-refractivity contribution in [1.29, 1.82) is 0 Å². The fourth-order valence-corrected chi connectivity index (χ4v) is 5.93. The predicted molar refractivity (Wildman–Crippen MR) is 141 cm³/mol. The van der Waals surface area contributed by atoms with Crippen molar-refractivity contribution in [2.75, 3.05) is 6.54 Å². The Morgan fingerprint density at radius 3 is 2.03 bits per heavy atom. The van der Waals surface area contributed by atoms with E-state index in [2.05, 4.69) is 29.8 Å². The summed E-state index contributed by atoms with van der Waals surface area (Å²) in [6.07, 6.45) is 3.51. The number of carbonyl (C=O) groups excluding carboxylic acids is 5. The van der Waals surface area contributed by atoms with E-state index in [4.69, 9.17) is 0 Å². The molecule has 9 heteroatoms. The van der Waals surface area contributed by atoms with Crippen LogP contribution in [0.4, 0.5) is 4.79 Å². The van der Waals surface area contributed by atoms with E-state index in [1.165, 1.54) is 6.92 Å². The summed E-state index contributed by atoms with van der Waals surface area (Å²) < 4.78 is 0. The standard InChI is InChI=1S/C28H46N4O5/c1-15(33)21(34)18(13-16-11-10-12-16)29-23(35)20-19-17(28(19,8)9)14-32(20)24(36)22(26(2,3)4)30-25(37)31-27(5,6)7/h16-20,22H,10-14H2,1-9H3,(H,29,35)(H2,30,31,37)/t17?,18?,19-,20?,22+/m0/s1. The van der Waals surface area contributed by atoms with Gasteiger partial charge < -0.3 is 20.9 Å². The van der Waals surface area contributed by atoms with Gasteiger partial charge in [0.25, 0.3) is 0 Å². The minimum absolute atomic E-state index is 0.0442. The SMILES string of the molecule is CC(=O)C(=O)C(CC1CCC1)NC(=O)C1[C@@H]2C(CN1C(=O)[C@@H](NC(=O)NC(C)(C)C)C(C)(C)C)C2(C)C. The first-order valence-corrected chi connectivity index (χ1v) is 13.6. The maximum atomic E-state index is 13.9. The molecule has 208 valence electrons. The molecule has 3 rings (SSSR count). The van der Waals surface area contributed by atoms with E-state index in [1.54, 1.807) is 4.90 Å². The lowest BCUT2D eigenvalue weighted by atomic mass is 9.79. The Bertz CT molecular complexity index is 957. The molecule has 3 unspecified atom stereocenters. The molecule has 3 N–H and O–H groups in total. The molecule has 0 aromatic heterocycles. The fourth-order valence-electron chi connectivity index (χ4n) is 5.93. The van der Waals surface area contributed by atoms with Crippen LogP contribution in [0.2, 0.25) is 0 Å². The Morgan fingerprint density at radius 2 is 1.57 bits per heavy atom. The van der Waals surface area contributed by atoms with Gasteiger partial charge in [-0.3, -0.25) is 19.2 Å². The van der Waals surface area contributed by atoms with Gasteiger partial charge in [0.05, 0.1) is 6.04 Å². The second-order valence-electron chi connectivity index (χ2n) is 14.1. The number of nitrogens with zero attached hydrogens (tertiary/aromatic N) is 1. The second kappa shape index (κ2) is 10.0. The normalized spacial score (nSPS) is 26.3. The van der Waals surface area contributed by atoms with Crippen LogP contribution in [0.1, 0.15) is 88.0 Å². The first kappa shape index (κ1) is 29.1. The number of hydrogen-bond donors (Lipinski definition) is 3. The molecule has 37 heavy (non-hydrogen) atoms. The van der Waals surface area contributed by atoms with Crippen molar-refractivity contribution in [3.05, 3.63) is 0 Å². The van der Waals surface area contributed by atoms with Gasteiger partial charge in [-0.15, -0.1) is 0 Å². The average molecular weight is 519 g/mol. The maximum Gasteiger partial charge on any atom is 0.315 e. The molecule has 0 bridgehead atoms. The summed E-state index contributed by atoms with van der Waals surface area (Å²) in [4.78, 5) is 66.5. The molecule has 1 saturated heterocycles. The lowest BCUT2D eigenvalue weighted by Crippen LogP contribution is -2.62. The zero-order valence-corrected chi connectivity index (χ0v) is 24.0. The van der Waals surface area contributed by atoms with E-state index >= 15 is 0 Å². The molecule has 2 saturated carbocycles. The largest absolute Gasteiger partial charge is 0.344 e. The quantitative estimate of drug-likeness (QED) is 0.426. The van der Waals surface area contributed by atoms with Crippen molar-refractivity contribution in [3.63, 3.8) is 0 Å². The number of likely N-dealkylation sites (tertiary alicyclic amines) is 1. The summed E-state index contributed by atoms with van der Waals surface area (Å²) in [5, 5.41) is 8.55. The van der Waals surface area contributed by atoms with Gasteiger partial charge >= 0.3 is 6.03 Å². The molecule has 3 fully saturated rings. The number of rotatable bonds is 8. The molecule has 1 aliphatic heterocycles. The topological polar surface area (TPSA) is 125 Å². The first-order chi connectivity index (χ1) is 16.8. The van der Waals surface area contributed by atoms with Crippen LogP contribution in [-0.2, 0) is 19.2 Å². The lowest BCUT2D eigenvalue weighted by Gasteiger charge is -2.38. The molecule has 4 amide bonds. The van der Waals surface area contributed by atoms with E-state index in [0.717, 1.165) is 19.3 Å². The second-order valence-corrected chi connectivity index (χ2v) is 14.1. The minimum Gasteiger partial charge on any atom is -0.344 e. The fraction of sp³-hybridized carbons (Fsp3) is 0.821. The molecule has 1 heterocycles. The zero-order chi connectivity index (χ0) is 28.1. The Labute approximate surface area is 221 Å². The van der Waals surface area contributed by atoms with Crippen molar-refractivity contribution >= 4 is 29.4 Å². The first-order valence-electron chi connectivity index (χ1n) is 13.6. The monoisotopic (exact) mass is 518 g/mol. The number of nitrogens with one attached hydrogen (secondary N) is 3. The van der Waals surface area contributed by atoms with Crippen molar-refractivity contribution in [3.8, 4) is 0 Å². The third-order valence-electron chi connectivity index (χ3n) is 8.41. The molecular weight excluding hydrogens is 472 g/mol. The molecule has 9 nitrogen and oxygen atoms in total. The number of urea groups is 1. The van der Waals surface area contributed by atoms with E-state index < -0.39 is 52.6 Å². The van der Waals surface area contributed by atoms with Crippen LogP contribution < -0.4 is 16.0 Å². The van der Waals surface area contributed by atoms with E-state index in [-0.39, 0.29) is 23.2 Å². The zero-order valence-electron chi connectivity index (χ0n) is 24.0.